The molecule has 1 fully saturated rings. The Kier molecular flexibility index (Phi) is 6.29. The highest BCUT2D eigenvalue weighted by molar-refractivity contribution is 5.91. The Hall–Kier alpha value is -1.97. The maximum Gasteiger partial charge on any atom is 0.246 e. The van der Waals surface area contributed by atoms with Crippen molar-refractivity contribution in [3.8, 4) is 11.5 Å². The second-order valence-corrected chi connectivity index (χ2v) is 6.98. The molecule has 0 N–H and O–H groups in total. The van der Waals surface area contributed by atoms with E-state index in [1.807, 2.05) is 36.2 Å². The number of methoxy groups -OCH3 is 1. The molecule has 0 radical (unpaired) electrons. The Morgan fingerprint density at radius 1 is 1.29 bits per heavy atom. The van der Waals surface area contributed by atoms with Crippen molar-refractivity contribution >= 4 is 12.0 Å². The number of rotatable bonds is 8. The van der Waals surface area contributed by atoms with Crippen LogP contribution in [-0.4, -0.2) is 37.6 Å². The van der Waals surface area contributed by atoms with E-state index in [0.29, 0.717) is 30.2 Å². The van der Waals surface area contributed by atoms with Crippen molar-refractivity contribution in [3.63, 3.8) is 0 Å². The van der Waals surface area contributed by atoms with Crippen LogP contribution in [0.2, 0.25) is 0 Å². The van der Waals surface area contributed by atoms with E-state index in [1.165, 1.54) is 12.8 Å². The summed E-state index contributed by atoms with van der Waals surface area (Å²) in [6.07, 6.45) is 5.92. The average Bonchev–Trinajstić information content (AvgIpc) is 3.41. The number of hydrogen-bond acceptors (Lipinski definition) is 3. The first-order valence-corrected chi connectivity index (χ1v) is 8.68. The van der Waals surface area contributed by atoms with E-state index in [4.69, 9.17) is 9.47 Å². The lowest BCUT2D eigenvalue weighted by Crippen LogP contribution is -2.35. The van der Waals surface area contributed by atoms with Gasteiger partial charge in [0.1, 0.15) is 0 Å². The average molecular weight is 331 g/mol. The Bertz CT molecular complexity index is 591. The molecule has 1 aliphatic rings. The summed E-state index contributed by atoms with van der Waals surface area (Å²) in [5, 5.41) is 0. The van der Waals surface area contributed by atoms with Crippen LogP contribution in [0.4, 0.5) is 0 Å². The fourth-order valence-electron chi connectivity index (χ4n) is 2.54. The third-order valence-electron chi connectivity index (χ3n) is 4.44. The number of nitrogens with zero attached hydrogens (tertiary/aromatic N) is 1. The van der Waals surface area contributed by atoms with Crippen LogP contribution in [0.1, 0.15) is 39.2 Å². The van der Waals surface area contributed by atoms with Crippen LogP contribution >= 0.6 is 0 Å². The van der Waals surface area contributed by atoms with Crippen LogP contribution < -0.4 is 9.47 Å². The number of benzene rings is 1. The van der Waals surface area contributed by atoms with Gasteiger partial charge in [-0.3, -0.25) is 4.79 Å². The SMILES string of the molecule is COc1cc(/C=C/C(=O)N(C)C(C)C2CC2)ccc1OCC(C)C. The first-order chi connectivity index (χ1) is 11.4. The predicted molar refractivity (Wildman–Crippen MR) is 97.3 cm³/mol. The van der Waals surface area contributed by atoms with Gasteiger partial charge in [0.15, 0.2) is 11.5 Å². The Labute approximate surface area is 145 Å². The third-order valence-corrected chi connectivity index (χ3v) is 4.44. The smallest absolute Gasteiger partial charge is 0.246 e. The van der Waals surface area contributed by atoms with E-state index in [1.54, 1.807) is 13.2 Å². The normalized spacial score (nSPS) is 15.6. The first kappa shape index (κ1) is 18.4. The zero-order chi connectivity index (χ0) is 17.7. The molecule has 1 atom stereocenters. The van der Waals surface area contributed by atoms with E-state index in [-0.39, 0.29) is 5.91 Å². The van der Waals surface area contributed by atoms with Crippen LogP contribution in [-0.2, 0) is 4.79 Å². The van der Waals surface area contributed by atoms with Crippen molar-refractivity contribution in [2.75, 3.05) is 20.8 Å². The summed E-state index contributed by atoms with van der Waals surface area (Å²) in [6, 6.07) is 6.03. The van der Waals surface area contributed by atoms with Gasteiger partial charge < -0.3 is 14.4 Å². The zero-order valence-corrected chi connectivity index (χ0v) is 15.4. The molecule has 132 valence electrons. The van der Waals surface area contributed by atoms with Gasteiger partial charge >= 0.3 is 0 Å². The maximum atomic E-state index is 12.3. The van der Waals surface area contributed by atoms with Crippen molar-refractivity contribution in [1.82, 2.24) is 4.90 Å². The van der Waals surface area contributed by atoms with Crippen molar-refractivity contribution in [1.29, 1.82) is 0 Å². The summed E-state index contributed by atoms with van der Waals surface area (Å²) in [4.78, 5) is 14.1. The van der Waals surface area contributed by atoms with Crippen molar-refractivity contribution in [3.05, 3.63) is 29.8 Å². The highest BCUT2D eigenvalue weighted by Crippen LogP contribution is 2.34. The molecular weight excluding hydrogens is 302 g/mol. The van der Waals surface area contributed by atoms with E-state index in [0.717, 1.165) is 11.3 Å². The lowest BCUT2D eigenvalue weighted by atomic mass is 10.1. The van der Waals surface area contributed by atoms with Crippen LogP contribution in [0.15, 0.2) is 24.3 Å². The largest absolute Gasteiger partial charge is 0.493 e. The van der Waals surface area contributed by atoms with Gasteiger partial charge in [-0.05, 0) is 55.4 Å². The minimum absolute atomic E-state index is 0.0356. The van der Waals surface area contributed by atoms with Gasteiger partial charge in [-0.1, -0.05) is 19.9 Å². The number of carbonyl (C=O) groups excluding carboxylic acids is 1. The molecule has 1 saturated carbocycles. The summed E-state index contributed by atoms with van der Waals surface area (Å²) >= 11 is 0. The van der Waals surface area contributed by atoms with E-state index < -0.39 is 0 Å². The molecule has 0 aromatic heterocycles. The number of likely N-dealkylation sites (N-methyl/N-ethyl adjacent to an activating group) is 1. The molecule has 4 nitrogen and oxygen atoms in total. The summed E-state index contributed by atoms with van der Waals surface area (Å²) in [7, 11) is 3.50. The minimum Gasteiger partial charge on any atom is -0.493 e. The number of hydrogen-bond donors (Lipinski definition) is 0. The highest BCUT2D eigenvalue weighted by Gasteiger charge is 2.31. The van der Waals surface area contributed by atoms with Gasteiger partial charge in [-0.25, -0.2) is 0 Å². The number of amides is 1. The third kappa shape index (κ3) is 5.02. The van der Waals surface area contributed by atoms with Crippen LogP contribution in [0.5, 0.6) is 11.5 Å². The second kappa shape index (κ2) is 8.22. The Balaban J connectivity index is 2.01. The molecule has 4 heteroatoms. The van der Waals surface area contributed by atoms with Gasteiger partial charge in [0.25, 0.3) is 0 Å². The highest BCUT2D eigenvalue weighted by atomic mass is 16.5. The van der Waals surface area contributed by atoms with E-state index in [2.05, 4.69) is 20.8 Å². The number of ether oxygens (including phenoxy) is 2. The molecule has 24 heavy (non-hydrogen) atoms. The van der Waals surface area contributed by atoms with Crippen LogP contribution in [0.25, 0.3) is 6.08 Å². The molecule has 1 aliphatic carbocycles. The summed E-state index contributed by atoms with van der Waals surface area (Å²) in [5.74, 6) is 2.58. The minimum atomic E-state index is 0.0356. The second-order valence-electron chi connectivity index (χ2n) is 6.98. The molecule has 1 aromatic carbocycles. The molecule has 2 rings (SSSR count). The Morgan fingerprint density at radius 3 is 2.58 bits per heavy atom. The van der Waals surface area contributed by atoms with Gasteiger partial charge in [-0.15, -0.1) is 0 Å². The van der Waals surface area contributed by atoms with Crippen LogP contribution in [0, 0.1) is 11.8 Å². The quantitative estimate of drug-likeness (QED) is 0.676. The summed E-state index contributed by atoms with van der Waals surface area (Å²) < 4.78 is 11.1. The van der Waals surface area contributed by atoms with Crippen LogP contribution in [0.3, 0.4) is 0 Å². The van der Waals surface area contributed by atoms with Gasteiger partial charge in [0.2, 0.25) is 5.91 Å². The van der Waals surface area contributed by atoms with E-state index >= 15 is 0 Å². The molecule has 0 bridgehead atoms. The fraction of sp³-hybridized carbons (Fsp3) is 0.550. The maximum absolute atomic E-state index is 12.3. The van der Waals surface area contributed by atoms with E-state index in [9.17, 15) is 4.79 Å². The topological polar surface area (TPSA) is 38.8 Å². The van der Waals surface area contributed by atoms with Crippen molar-refractivity contribution in [2.24, 2.45) is 11.8 Å². The number of carbonyl (C=O) groups is 1. The van der Waals surface area contributed by atoms with Crippen molar-refractivity contribution < 1.29 is 14.3 Å². The lowest BCUT2D eigenvalue weighted by Gasteiger charge is -2.23. The molecule has 0 aliphatic heterocycles. The molecule has 0 heterocycles. The van der Waals surface area contributed by atoms with Gasteiger partial charge in [0.05, 0.1) is 13.7 Å². The summed E-state index contributed by atoms with van der Waals surface area (Å²) in [5.41, 5.74) is 0.921. The molecule has 1 aromatic rings. The van der Waals surface area contributed by atoms with Crippen molar-refractivity contribution in [2.45, 2.75) is 39.7 Å². The summed E-state index contributed by atoms with van der Waals surface area (Å²) in [6.45, 7) is 6.98. The monoisotopic (exact) mass is 331 g/mol. The lowest BCUT2D eigenvalue weighted by molar-refractivity contribution is -0.126. The zero-order valence-electron chi connectivity index (χ0n) is 15.4. The van der Waals surface area contributed by atoms with Gasteiger partial charge in [-0.2, -0.15) is 0 Å². The Morgan fingerprint density at radius 2 is 2.00 bits per heavy atom. The van der Waals surface area contributed by atoms with Gasteiger partial charge in [0, 0.05) is 19.2 Å². The molecule has 0 saturated heterocycles. The predicted octanol–water partition coefficient (Wildman–Crippen LogP) is 4.00. The molecule has 1 unspecified atom stereocenters. The fourth-order valence-corrected chi connectivity index (χ4v) is 2.54. The molecule has 0 spiro atoms. The molecule has 1 amide bonds. The molecular formula is C20H29NO3. The standard InChI is InChI=1S/C20H29NO3/c1-14(2)13-24-18-10-6-16(12-19(18)23-5)7-11-20(22)21(4)15(3)17-8-9-17/h6-7,10-12,14-15,17H,8-9,13H2,1-5H3/b11-7+. The first-order valence-electron chi connectivity index (χ1n) is 8.68.